The quantitative estimate of drug-likeness (QED) is 0.507. The monoisotopic (exact) mass is 397 g/mol. The van der Waals surface area contributed by atoms with E-state index in [2.05, 4.69) is 9.97 Å². The number of thiazole rings is 1. The zero-order valence-electron chi connectivity index (χ0n) is 15.2. The summed E-state index contributed by atoms with van der Waals surface area (Å²) in [7, 11) is -2.13. The lowest BCUT2D eigenvalue weighted by molar-refractivity contribution is 0.398. The van der Waals surface area contributed by atoms with Gasteiger partial charge in [-0.15, -0.1) is 11.3 Å². The van der Waals surface area contributed by atoms with Crippen LogP contribution in [0, 0.1) is 6.92 Å². The van der Waals surface area contributed by atoms with E-state index >= 15 is 0 Å². The first-order chi connectivity index (χ1) is 12.9. The fourth-order valence-corrected chi connectivity index (χ4v) is 5.66. The van der Waals surface area contributed by atoms with Crippen molar-refractivity contribution in [3.8, 4) is 0 Å². The van der Waals surface area contributed by atoms with Crippen molar-refractivity contribution in [3.63, 3.8) is 0 Å². The highest BCUT2D eigenvalue weighted by Gasteiger charge is 2.30. The first-order valence-electron chi connectivity index (χ1n) is 8.57. The average Bonchev–Trinajstić information content (AvgIpc) is 3.10. The van der Waals surface area contributed by atoms with E-state index in [0.717, 1.165) is 26.2 Å². The van der Waals surface area contributed by atoms with Crippen LogP contribution < -0.4 is 0 Å². The van der Waals surface area contributed by atoms with E-state index < -0.39 is 10.0 Å². The summed E-state index contributed by atoms with van der Waals surface area (Å²) in [4.78, 5) is 9.21. The first-order valence-corrected chi connectivity index (χ1v) is 10.8. The molecule has 7 heteroatoms. The Kier molecular flexibility index (Phi) is 4.46. The second-order valence-corrected chi connectivity index (χ2v) is 9.59. The highest BCUT2D eigenvalue weighted by molar-refractivity contribution is 7.89. The summed E-state index contributed by atoms with van der Waals surface area (Å²) in [5.41, 5.74) is 2.37. The third-order valence-corrected chi connectivity index (χ3v) is 7.85. The summed E-state index contributed by atoms with van der Waals surface area (Å²) in [6.07, 6.45) is 1.69. The maximum Gasteiger partial charge on any atom is 0.245 e. The van der Waals surface area contributed by atoms with Gasteiger partial charge in [0.2, 0.25) is 10.0 Å². The Labute approximate surface area is 162 Å². The molecular formula is C20H19N3O2S2. The van der Waals surface area contributed by atoms with E-state index in [-0.39, 0.29) is 10.9 Å². The summed E-state index contributed by atoms with van der Waals surface area (Å²) < 4.78 is 29.1. The van der Waals surface area contributed by atoms with E-state index in [1.807, 2.05) is 50.2 Å². The molecule has 4 rings (SSSR count). The SMILES string of the molecule is Cc1cnc2c(S(=O)(=O)N(C)[C@H](C)c3nc4ccccc4s3)cccc2c1. The third kappa shape index (κ3) is 3.12. The summed E-state index contributed by atoms with van der Waals surface area (Å²) in [5, 5.41) is 1.59. The van der Waals surface area contributed by atoms with Crippen molar-refractivity contribution in [2.24, 2.45) is 0 Å². The van der Waals surface area contributed by atoms with Gasteiger partial charge in [0.25, 0.3) is 0 Å². The van der Waals surface area contributed by atoms with E-state index in [1.165, 1.54) is 15.6 Å². The van der Waals surface area contributed by atoms with Crippen molar-refractivity contribution >= 4 is 42.5 Å². The van der Waals surface area contributed by atoms with Crippen molar-refractivity contribution < 1.29 is 8.42 Å². The summed E-state index contributed by atoms with van der Waals surface area (Å²) >= 11 is 1.52. The Morgan fingerprint density at radius 3 is 2.67 bits per heavy atom. The van der Waals surface area contributed by atoms with Crippen LogP contribution in [0.5, 0.6) is 0 Å². The molecular weight excluding hydrogens is 378 g/mol. The Morgan fingerprint density at radius 1 is 1.11 bits per heavy atom. The van der Waals surface area contributed by atoms with Crippen LogP contribution in [0.15, 0.2) is 59.6 Å². The molecule has 0 bridgehead atoms. The minimum atomic E-state index is -3.73. The molecule has 0 saturated heterocycles. The zero-order chi connectivity index (χ0) is 19.2. The van der Waals surface area contributed by atoms with Crippen LogP contribution in [0.1, 0.15) is 23.5 Å². The third-order valence-electron chi connectivity index (χ3n) is 4.68. The average molecular weight is 398 g/mol. The van der Waals surface area contributed by atoms with E-state index in [1.54, 1.807) is 25.4 Å². The highest BCUT2D eigenvalue weighted by atomic mass is 32.2. The number of pyridine rings is 1. The molecule has 0 amide bonds. The normalized spacial score (nSPS) is 13.5. The summed E-state index contributed by atoms with van der Waals surface area (Å²) in [6, 6.07) is 14.6. The van der Waals surface area contributed by atoms with Crippen molar-refractivity contribution in [2.45, 2.75) is 24.8 Å². The molecule has 0 fully saturated rings. The number of aryl methyl sites for hydroxylation is 1. The van der Waals surface area contributed by atoms with Gasteiger partial charge in [-0.25, -0.2) is 13.4 Å². The lowest BCUT2D eigenvalue weighted by Gasteiger charge is -2.23. The number of aromatic nitrogens is 2. The van der Waals surface area contributed by atoms with Crippen LogP contribution in [-0.4, -0.2) is 29.7 Å². The number of fused-ring (bicyclic) bond motifs is 2. The first kappa shape index (κ1) is 18.0. The minimum absolute atomic E-state index is 0.218. The second kappa shape index (κ2) is 6.67. The predicted octanol–water partition coefficient (Wildman–Crippen LogP) is 4.53. The Hall–Kier alpha value is -2.35. The molecule has 0 N–H and O–H groups in total. The van der Waals surface area contributed by atoms with Gasteiger partial charge >= 0.3 is 0 Å². The van der Waals surface area contributed by atoms with Gasteiger partial charge in [-0.3, -0.25) is 4.98 Å². The largest absolute Gasteiger partial charge is 0.255 e. The topological polar surface area (TPSA) is 63.2 Å². The van der Waals surface area contributed by atoms with E-state index in [0.29, 0.717) is 5.52 Å². The van der Waals surface area contributed by atoms with Crippen molar-refractivity contribution in [3.05, 3.63) is 65.3 Å². The van der Waals surface area contributed by atoms with Crippen molar-refractivity contribution in [2.75, 3.05) is 7.05 Å². The lowest BCUT2D eigenvalue weighted by atomic mass is 10.2. The molecule has 5 nitrogen and oxygen atoms in total. The number of nitrogens with zero attached hydrogens (tertiary/aromatic N) is 3. The van der Waals surface area contributed by atoms with Gasteiger partial charge in [-0.2, -0.15) is 4.31 Å². The van der Waals surface area contributed by atoms with Gasteiger partial charge in [0.15, 0.2) is 0 Å². The summed E-state index contributed by atoms with van der Waals surface area (Å²) in [6.45, 7) is 3.80. The number of sulfonamides is 1. The molecule has 0 saturated carbocycles. The summed E-state index contributed by atoms with van der Waals surface area (Å²) in [5.74, 6) is 0. The fourth-order valence-electron chi connectivity index (χ4n) is 3.04. The molecule has 27 heavy (non-hydrogen) atoms. The number of rotatable bonds is 4. The minimum Gasteiger partial charge on any atom is -0.255 e. The molecule has 0 radical (unpaired) electrons. The number of hydrogen-bond acceptors (Lipinski definition) is 5. The Morgan fingerprint density at radius 2 is 1.89 bits per heavy atom. The van der Waals surface area contributed by atoms with Crippen LogP contribution in [0.3, 0.4) is 0 Å². The second-order valence-electron chi connectivity index (χ2n) is 6.56. The molecule has 0 unspecified atom stereocenters. The van der Waals surface area contributed by atoms with Gasteiger partial charge in [0.1, 0.15) is 9.90 Å². The molecule has 2 aromatic carbocycles. The Bertz CT molecular complexity index is 1220. The lowest BCUT2D eigenvalue weighted by Crippen LogP contribution is -2.30. The van der Waals surface area contributed by atoms with Crippen molar-refractivity contribution in [1.82, 2.24) is 14.3 Å². The Balaban J connectivity index is 1.77. The molecule has 0 aliphatic carbocycles. The fraction of sp³-hybridized carbons (Fsp3) is 0.200. The number of para-hydroxylation sites is 2. The number of benzene rings is 2. The van der Waals surface area contributed by atoms with Gasteiger partial charge in [0, 0.05) is 18.6 Å². The molecule has 0 aliphatic heterocycles. The molecule has 2 aromatic heterocycles. The smallest absolute Gasteiger partial charge is 0.245 e. The van der Waals surface area contributed by atoms with Crippen LogP contribution in [0.4, 0.5) is 0 Å². The van der Waals surface area contributed by atoms with Gasteiger partial charge in [-0.1, -0.05) is 24.3 Å². The highest BCUT2D eigenvalue weighted by Crippen LogP contribution is 2.33. The van der Waals surface area contributed by atoms with Crippen LogP contribution in [0.2, 0.25) is 0 Å². The van der Waals surface area contributed by atoms with Gasteiger partial charge in [-0.05, 0) is 43.7 Å². The standard InChI is InChI=1S/C20H19N3O2S2/c1-13-11-15-7-6-10-18(19(15)21-12-13)27(24,25)23(3)14(2)20-22-16-8-4-5-9-17(16)26-20/h4-12,14H,1-3H3/t14-/m1/s1. The molecule has 4 aromatic rings. The maximum absolute atomic E-state index is 13.3. The number of hydrogen-bond donors (Lipinski definition) is 0. The maximum atomic E-state index is 13.3. The van der Waals surface area contributed by atoms with Crippen LogP contribution in [0.25, 0.3) is 21.1 Å². The predicted molar refractivity (Wildman–Crippen MR) is 109 cm³/mol. The molecule has 1 atom stereocenters. The van der Waals surface area contributed by atoms with Crippen LogP contribution >= 0.6 is 11.3 Å². The zero-order valence-corrected chi connectivity index (χ0v) is 16.9. The van der Waals surface area contributed by atoms with E-state index in [9.17, 15) is 8.42 Å². The van der Waals surface area contributed by atoms with Crippen molar-refractivity contribution in [1.29, 1.82) is 0 Å². The van der Waals surface area contributed by atoms with Crippen LogP contribution in [-0.2, 0) is 10.0 Å². The molecule has 0 spiro atoms. The molecule has 2 heterocycles. The van der Waals surface area contributed by atoms with Gasteiger partial charge < -0.3 is 0 Å². The van der Waals surface area contributed by atoms with Gasteiger partial charge in [0.05, 0.1) is 21.8 Å². The molecule has 138 valence electrons. The molecule has 0 aliphatic rings. The van der Waals surface area contributed by atoms with E-state index in [4.69, 9.17) is 0 Å².